The Morgan fingerprint density at radius 3 is 2.69 bits per heavy atom. The van der Waals surface area contributed by atoms with Gasteiger partial charge in [-0.2, -0.15) is 9.67 Å². The van der Waals surface area contributed by atoms with Crippen molar-refractivity contribution in [2.45, 2.75) is 43.1 Å². The molecule has 6 heterocycles. The standard InChI is InChI=1S/C20H24F2N10O7P2S/c21-9-6(7(2-35-40)37-18(9)32-14-12(29-30-32)16(33)25-4-24-14)1-36-41-3-8-10(22)13(39-42)19(38-8)31-5-26-11-15(31)27-20(23)28-17(11)34/h4-10,13,18-19,41-42H,1-3,40H2,(H,24,25,33)(H3,23,27,28,34)/t6-,7-,8?,9+,10-,13-,18-,19-/m1/s1. The highest BCUT2D eigenvalue weighted by atomic mass is 32.1. The van der Waals surface area contributed by atoms with Crippen LogP contribution in [0.3, 0.4) is 0 Å². The van der Waals surface area contributed by atoms with E-state index in [4.69, 9.17) is 28.4 Å². The van der Waals surface area contributed by atoms with E-state index in [1.54, 1.807) is 0 Å². The molecule has 0 aromatic carbocycles. The molecule has 2 aliphatic rings. The molecule has 42 heavy (non-hydrogen) atoms. The van der Waals surface area contributed by atoms with E-state index in [-0.39, 0.29) is 56.5 Å². The highest BCUT2D eigenvalue weighted by Crippen LogP contribution is 2.40. The van der Waals surface area contributed by atoms with Gasteiger partial charge >= 0.3 is 0 Å². The van der Waals surface area contributed by atoms with Crippen molar-refractivity contribution in [2.75, 3.05) is 25.1 Å². The van der Waals surface area contributed by atoms with Crippen LogP contribution in [0.1, 0.15) is 12.5 Å². The summed E-state index contributed by atoms with van der Waals surface area (Å²) >= 11 is 3.81. The Labute approximate surface area is 243 Å². The number of nitrogen functional groups attached to an aromatic ring is 1. The summed E-state index contributed by atoms with van der Waals surface area (Å²) in [5.41, 5.74) is 4.68. The van der Waals surface area contributed by atoms with Gasteiger partial charge in [0.05, 0.1) is 32.0 Å². The maximum Gasteiger partial charge on any atom is 0.280 e. The number of nitrogens with zero attached hydrogens (tertiary/aromatic N) is 7. The average molecular weight is 648 g/mol. The first-order chi connectivity index (χ1) is 20.3. The van der Waals surface area contributed by atoms with Crippen molar-refractivity contribution in [3.8, 4) is 0 Å². The SMILES string of the molecule is Nc1nc2c(ncn2[C@@H]2OC(CPOC[C@H]3[C@H](F)[C@H](n4nnc5c(=O)[nH]cnc54)O[C@@H]3COP)[C@@H](F)[C@H]2OS)c(=O)[nH]1. The van der Waals surface area contributed by atoms with Crippen LogP contribution < -0.4 is 16.9 Å². The lowest BCUT2D eigenvalue weighted by Gasteiger charge is -2.19. The lowest BCUT2D eigenvalue weighted by Crippen LogP contribution is -2.30. The number of hydrogen-bond acceptors (Lipinski definition) is 14. The quantitative estimate of drug-likeness (QED) is 0.0771. The van der Waals surface area contributed by atoms with Crippen LogP contribution in [0.4, 0.5) is 14.7 Å². The lowest BCUT2D eigenvalue weighted by molar-refractivity contribution is -0.0399. The fourth-order valence-corrected chi connectivity index (χ4v) is 6.31. The Balaban J connectivity index is 1.11. The minimum Gasteiger partial charge on any atom is -0.369 e. The van der Waals surface area contributed by atoms with E-state index in [0.717, 1.165) is 11.0 Å². The third-order valence-corrected chi connectivity index (χ3v) is 8.39. The molecule has 6 rings (SSSR count). The fourth-order valence-electron chi connectivity index (χ4n) is 4.99. The first-order valence-corrected chi connectivity index (χ1v) is 14.3. The number of rotatable bonds is 10. The van der Waals surface area contributed by atoms with Gasteiger partial charge in [0.2, 0.25) is 5.95 Å². The molecular weight excluding hydrogens is 624 g/mol. The molecule has 17 nitrogen and oxygen atoms in total. The second-order valence-electron chi connectivity index (χ2n) is 9.46. The highest BCUT2D eigenvalue weighted by molar-refractivity contribution is 7.75. The monoisotopic (exact) mass is 648 g/mol. The Hall–Kier alpha value is -2.70. The van der Waals surface area contributed by atoms with Gasteiger partial charge in [-0.05, 0) is 12.9 Å². The van der Waals surface area contributed by atoms with E-state index in [0.29, 0.717) is 0 Å². The topological polar surface area (TPSA) is 212 Å². The van der Waals surface area contributed by atoms with Gasteiger partial charge in [-0.25, -0.2) is 18.7 Å². The van der Waals surface area contributed by atoms with Crippen LogP contribution in [-0.4, -0.2) is 94.5 Å². The van der Waals surface area contributed by atoms with Crippen LogP contribution in [0.25, 0.3) is 22.3 Å². The van der Waals surface area contributed by atoms with Crippen LogP contribution in [0.2, 0.25) is 0 Å². The number of ether oxygens (including phenoxy) is 2. The fraction of sp³-hybridized carbons (Fsp3) is 0.550. The van der Waals surface area contributed by atoms with E-state index in [2.05, 4.69) is 57.6 Å². The van der Waals surface area contributed by atoms with E-state index < -0.39 is 60.1 Å². The number of nitrogens with two attached hydrogens (primary N) is 1. The number of hydrogen-bond donors (Lipinski definition) is 4. The molecule has 0 saturated carbocycles. The summed E-state index contributed by atoms with van der Waals surface area (Å²) in [5, 5.41) is 7.65. The molecule has 0 bridgehead atoms. The van der Waals surface area contributed by atoms with Crippen LogP contribution in [0.5, 0.6) is 0 Å². The Bertz CT molecular complexity index is 1690. The largest absolute Gasteiger partial charge is 0.369 e. The van der Waals surface area contributed by atoms with Crippen LogP contribution in [0.15, 0.2) is 22.2 Å². The molecular formula is C20H24F2N10O7P2S. The molecule has 2 aliphatic heterocycles. The van der Waals surface area contributed by atoms with Crippen molar-refractivity contribution in [1.29, 1.82) is 0 Å². The summed E-state index contributed by atoms with van der Waals surface area (Å²) in [7, 11) is 1.79. The van der Waals surface area contributed by atoms with Crippen molar-refractivity contribution in [1.82, 2.24) is 44.5 Å². The number of alkyl halides is 2. The van der Waals surface area contributed by atoms with Gasteiger partial charge in [0, 0.05) is 30.4 Å². The second-order valence-corrected chi connectivity index (χ2v) is 11.0. The Morgan fingerprint density at radius 2 is 1.90 bits per heavy atom. The molecule has 3 unspecified atom stereocenters. The summed E-state index contributed by atoms with van der Waals surface area (Å²) in [4.78, 5) is 41.0. The summed E-state index contributed by atoms with van der Waals surface area (Å²) in [6.07, 6.45) is -5.84. The number of fused-ring (bicyclic) bond motifs is 2. The molecule has 0 amide bonds. The lowest BCUT2D eigenvalue weighted by atomic mass is 10.0. The van der Waals surface area contributed by atoms with Crippen LogP contribution >= 0.6 is 31.2 Å². The number of aromatic nitrogens is 9. The zero-order chi connectivity index (χ0) is 29.5. The molecule has 226 valence electrons. The van der Waals surface area contributed by atoms with Gasteiger partial charge in [-0.15, -0.1) is 5.10 Å². The molecule has 2 fully saturated rings. The van der Waals surface area contributed by atoms with Gasteiger partial charge in [0.1, 0.15) is 6.10 Å². The van der Waals surface area contributed by atoms with E-state index in [9.17, 15) is 9.59 Å². The normalized spacial score (nSPS) is 30.0. The zero-order valence-electron chi connectivity index (χ0n) is 21.2. The number of aromatic amines is 2. The molecule has 0 radical (unpaired) electrons. The molecule has 4 aromatic heterocycles. The Morgan fingerprint density at radius 1 is 1.10 bits per heavy atom. The molecule has 22 heteroatoms. The number of imidazole rings is 1. The zero-order valence-corrected chi connectivity index (χ0v) is 24.3. The summed E-state index contributed by atoms with van der Waals surface area (Å²) < 4.78 is 61.2. The molecule has 2 saturated heterocycles. The molecule has 0 spiro atoms. The van der Waals surface area contributed by atoms with Gasteiger partial charge < -0.3 is 33.4 Å². The molecule has 10 atom stereocenters. The van der Waals surface area contributed by atoms with Gasteiger partial charge in [0.25, 0.3) is 11.1 Å². The van der Waals surface area contributed by atoms with Crippen LogP contribution in [0, 0.1) is 5.92 Å². The number of halogens is 2. The first kappa shape index (κ1) is 29.4. The minimum atomic E-state index is -1.62. The molecule has 0 aliphatic carbocycles. The predicted octanol–water partition coefficient (Wildman–Crippen LogP) is -0.0360. The smallest absolute Gasteiger partial charge is 0.280 e. The number of anilines is 1. The second kappa shape index (κ2) is 12.1. The molecule has 4 aromatic rings. The van der Waals surface area contributed by atoms with Crippen molar-refractivity contribution >= 4 is 59.5 Å². The third kappa shape index (κ3) is 5.19. The third-order valence-electron chi connectivity index (χ3n) is 7.02. The number of H-pyrrole nitrogens is 2. The summed E-state index contributed by atoms with van der Waals surface area (Å²) in [6.45, 7) is -0.0618. The maximum absolute atomic E-state index is 15.7. The van der Waals surface area contributed by atoms with E-state index >= 15 is 8.78 Å². The van der Waals surface area contributed by atoms with Gasteiger partial charge in [-0.1, -0.05) is 5.21 Å². The maximum atomic E-state index is 15.7. The van der Waals surface area contributed by atoms with Crippen molar-refractivity contribution in [3.63, 3.8) is 0 Å². The molecule has 4 N–H and O–H groups in total. The average Bonchev–Trinajstić information content (AvgIpc) is 3.72. The van der Waals surface area contributed by atoms with E-state index in [1.165, 1.54) is 10.9 Å². The van der Waals surface area contributed by atoms with Crippen LogP contribution in [-0.2, 0) is 22.7 Å². The van der Waals surface area contributed by atoms with Crippen molar-refractivity contribution in [2.24, 2.45) is 5.92 Å². The Kier molecular flexibility index (Phi) is 8.48. The first-order valence-electron chi connectivity index (χ1n) is 12.4. The summed E-state index contributed by atoms with van der Waals surface area (Å²) in [6, 6.07) is 0. The number of thiol groups is 1. The predicted molar refractivity (Wildman–Crippen MR) is 148 cm³/mol. The van der Waals surface area contributed by atoms with Crippen molar-refractivity contribution < 1.29 is 31.5 Å². The van der Waals surface area contributed by atoms with Gasteiger partial charge in [0.15, 0.2) is 53.2 Å². The van der Waals surface area contributed by atoms with Crippen molar-refractivity contribution in [3.05, 3.63) is 33.4 Å². The summed E-state index contributed by atoms with van der Waals surface area (Å²) in [5.74, 6) is -0.932. The van der Waals surface area contributed by atoms with E-state index in [1.807, 2.05) is 0 Å². The highest BCUT2D eigenvalue weighted by Gasteiger charge is 2.49. The van der Waals surface area contributed by atoms with Gasteiger partial charge in [-0.3, -0.25) is 19.1 Å². The minimum absolute atomic E-state index is 0.00173. The number of nitrogens with one attached hydrogen (secondary N) is 2.